The number of benzene rings is 1. The van der Waals surface area contributed by atoms with E-state index in [-0.39, 0.29) is 12.0 Å². The van der Waals surface area contributed by atoms with Crippen LogP contribution >= 0.6 is 22.9 Å². The van der Waals surface area contributed by atoms with Crippen LogP contribution in [0.25, 0.3) is 10.9 Å². The third kappa shape index (κ3) is 3.67. The van der Waals surface area contributed by atoms with Crippen molar-refractivity contribution >= 4 is 50.8 Å². The second kappa shape index (κ2) is 6.85. The van der Waals surface area contributed by atoms with Crippen LogP contribution in [-0.2, 0) is 4.74 Å². The highest BCUT2D eigenvalue weighted by atomic mass is 35.5. The van der Waals surface area contributed by atoms with Crippen LogP contribution in [-0.4, -0.2) is 27.9 Å². The van der Waals surface area contributed by atoms with Crippen LogP contribution in [0.15, 0.2) is 24.3 Å². The van der Waals surface area contributed by atoms with Crippen molar-refractivity contribution < 1.29 is 14.3 Å². The molecule has 0 aliphatic rings. The third-order valence-electron chi connectivity index (χ3n) is 3.40. The summed E-state index contributed by atoms with van der Waals surface area (Å²) in [5.74, 6) is -0.798. The van der Waals surface area contributed by atoms with Crippen LogP contribution in [0.1, 0.15) is 39.7 Å². The molecule has 3 rings (SSSR count). The van der Waals surface area contributed by atoms with E-state index in [9.17, 15) is 9.59 Å². The van der Waals surface area contributed by atoms with Crippen molar-refractivity contribution in [1.29, 1.82) is 0 Å². The van der Waals surface area contributed by atoms with Gasteiger partial charge in [0.2, 0.25) is 0 Å². The first-order valence-electron chi connectivity index (χ1n) is 7.62. The maximum Gasteiger partial charge on any atom is 0.350 e. The molecule has 3 aromatic rings. The summed E-state index contributed by atoms with van der Waals surface area (Å²) in [7, 11) is 0. The Kier molecular flexibility index (Phi) is 4.78. The number of nitrogens with zero attached hydrogens (tertiary/aromatic N) is 1. The Morgan fingerprint density at radius 2 is 2.12 bits per heavy atom. The van der Waals surface area contributed by atoms with E-state index >= 15 is 0 Å². The summed E-state index contributed by atoms with van der Waals surface area (Å²) in [4.78, 5) is 32.0. The Hall–Kier alpha value is -2.38. The number of nitrogens with one attached hydrogen (secondary N) is 2. The minimum absolute atomic E-state index is 0.219. The average Bonchev–Trinajstić information content (AvgIpc) is 3.11. The second-order valence-electron chi connectivity index (χ2n) is 5.73. The van der Waals surface area contributed by atoms with Crippen molar-refractivity contribution in [3.63, 3.8) is 0 Å². The van der Waals surface area contributed by atoms with Crippen molar-refractivity contribution in [2.45, 2.75) is 26.9 Å². The number of carbonyl (C=O) groups is 2. The van der Waals surface area contributed by atoms with Gasteiger partial charge in [0.15, 0.2) is 5.13 Å². The topological polar surface area (TPSA) is 84.1 Å². The fourth-order valence-electron chi connectivity index (χ4n) is 2.31. The lowest BCUT2D eigenvalue weighted by atomic mass is 10.2. The molecule has 0 atom stereocenters. The molecule has 1 amide bonds. The molecular weight excluding hydrogens is 362 g/mol. The highest BCUT2D eigenvalue weighted by Gasteiger charge is 2.20. The standard InChI is InChI=1S/C17H16ClN3O3S/c1-8(2)24-16(23)14-9(3)19-17(25-14)21-15(22)12-7-10-5-4-6-11(18)13(10)20-12/h4-8,20H,1-3H3,(H,19,21,22). The van der Waals surface area contributed by atoms with E-state index in [4.69, 9.17) is 16.3 Å². The van der Waals surface area contributed by atoms with Crippen molar-refractivity contribution in [3.05, 3.63) is 45.6 Å². The summed E-state index contributed by atoms with van der Waals surface area (Å²) < 4.78 is 5.17. The zero-order valence-corrected chi connectivity index (χ0v) is 15.4. The van der Waals surface area contributed by atoms with Gasteiger partial charge in [-0.25, -0.2) is 9.78 Å². The van der Waals surface area contributed by atoms with Gasteiger partial charge < -0.3 is 9.72 Å². The van der Waals surface area contributed by atoms with Crippen LogP contribution < -0.4 is 5.32 Å². The van der Waals surface area contributed by atoms with Crippen LogP contribution in [0.2, 0.25) is 5.02 Å². The number of hydrogen-bond acceptors (Lipinski definition) is 5. The van der Waals surface area contributed by atoms with Crippen molar-refractivity contribution in [2.75, 3.05) is 5.32 Å². The van der Waals surface area contributed by atoms with Crippen LogP contribution in [0.5, 0.6) is 0 Å². The molecule has 0 saturated carbocycles. The van der Waals surface area contributed by atoms with E-state index in [0.717, 1.165) is 16.7 Å². The van der Waals surface area contributed by atoms with Gasteiger partial charge in [0.1, 0.15) is 10.6 Å². The number of aromatic amines is 1. The quantitative estimate of drug-likeness (QED) is 0.660. The molecule has 0 bridgehead atoms. The summed E-state index contributed by atoms with van der Waals surface area (Å²) in [6.07, 6.45) is -0.219. The molecule has 2 N–H and O–H groups in total. The van der Waals surface area contributed by atoms with Gasteiger partial charge in [-0.05, 0) is 32.9 Å². The van der Waals surface area contributed by atoms with Crippen molar-refractivity contribution in [1.82, 2.24) is 9.97 Å². The molecule has 0 radical (unpaired) electrons. The summed E-state index contributed by atoms with van der Waals surface area (Å²) in [6.45, 7) is 5.25. The number of thiazole rings is 1. The maximum atomic E-state index is 12.4. The predicted octanol–water partition coefficient (Wildman–Crippen LogP) is 4.40. The summed E-state index contributed by atoms with van der Waals surface area (Å²) in [6, 6.07) is 7.14. The van der Waals surface area contributed by atoms with E-state index in [1.54, 1.807) is 32.9 Å². The molecular formula is C17H16ClN3O3S. The molecule has 6 nitrogen and oxygen atoms in total. The number of halogens is 1. The van der Waals surface area contributed by atoms with E-state index < -0.39 is 5.97 Å². The largest absolute Gasteiger partial charge is 0.459 e. The number of ether oxygens (including phenoxy) is 1. The number of carbonyl (C=O) groups excluding carboxylic acids is 2. The van der Waals surface area contributed by atoms with Crippen LogP contribution in [0.4, 0.5) is 5.13 Å². The number of hydrogen-bond donors (Lipinski definition) is 2. The molecule has 1 aromatic carbocycles. The molecule has 2 aromatic heterocycles. The Balaban J connectivity index is 1.80. The van der Waals surface area contributed by atoms with E-state index in [0.29, 0.717) is 31.9 Å². The number of anilines is 1. The highest BCUT2D eigenvalue weighted by Crippen LogP contribution is 2.26. The smallest absolute Gasteiger partial charge is 0.350 e. The SMILES string of the molecule is Cc1nc(NC(=O)c2cc3cccc(Cl)c3[nH]2)sc1C(=O)OC(C)C. The van der Waals surface area contributed by atoms with Gasteiger partial charge in [-0.15, -0.1) is 0 Å². The van der Waals surface area contributed by atoms with E-state index in [1.165, 1.54) is 0 Å². The molecule has 130 valence electrons. The molecule has 25 heavy (non-hydrogen) atoms. The lowest BCUT2D eigenvalue weighted by Crippen LogP contribution is -2.12. The van der Waals surface area contributed by atoms with Gasteiger partial charge in [0.05, 0.1) is 22.3 Å². The minimum atomic E-state index is -0.442. The number of fused-ring (bicyclic) bond motifs is 1. The fourth-order valence-corrected chi connectivity index (χ4v) is 3.39. The molecule has 0 saturated heterocycles. The Morgan fingerprint density at radius 3 is 2.80 bits per heavy atom. The average molecular weight is 378 g/mol. The molecule has 0 aliphatic carbocycles. The lowest BCUT2D eigenvalue weighted by molar-refractivity contribution is 0.0382. The Bertz CT molecular complexity index is 961. The number of amides is 1. The first kappa shape index (κ1) is 17.4. The first-order chi connectivity index (χ1) is 11.8. The van der Waals surface area contributed by atoms with Gasteiger partial charge in [0, 0.05) is 5.39 Å². The van der Waals surface area contributed by atoms with Crippen LogP contribution in [0, 0.1) is 6.92 Å². The first-order valence-corrected chi connectivity index (χ1v) is 8.81. The molecule has 0 unspecified atom stereocenters. The normalized spacial score (nSPS) is 11.1. The summed E-state index contributed by atoms with van der Waals surface area (Å²) in [5.41, 5.74) is 1.58. The second-order valence-corrected chi connectivity index (χ2v) is 7.14. The van der Waals surface area contributed by atoms with Gasteiger partial charge in [-0.3, -0.25) is 10.1 Å². The highest BCUT2D eigenvalue weighted by molar-refractivity contribution is 7.17. The van der Waals surface area contributed by atoms with E-state index in [2.05, 4.69) is 15.3 Å². The fraction of sp³-hybridized carbons (Fsp3) is 0.235. The molecule has 0 aliphatic heterocycles. The Labute approximate surface area is 153 Å². The zero-order valence-electron chi connectivity index (χ0n) is 13.8. The number of aryl methyl sites for hydroxylation is 1. The Morgan fingerprint density at radius 1 is 1.36 bits per heavy atom. The molecule has 0 spiro atoms. The van der Waals surface area contributed by atoms with Gasteiger partial charge in [0.25, 0.3) is 5.91 Å². The van der Waals surface area contributed by atoms with Gasteiger partial charge in [-0.2, -0.15) is 0 Å². The lowest BCUT2D eigenvalue weighted by Gasteiger charge is -2.05. The third-order valence-corrected chi connectivity index (χ3v) is 4.76. The monoisotopic (exact) mass is 377 g/mol. The number of para-hydroxylation sites is 1. The number of esters is 1. The van der Waals surface area contributed by atoms with Crippen LogP contribution in [0.3, 0.4) is 0 Å². The summed E-state index contributed by atoms with van der Waals surface area (Å²) >= 11 is 7.20. The molecule has 8 heteroatoms. The number of H-pyrrole nitrogens is 1. The number of rotatable bonds is 4. The minimum Gasteiger partial charge on any atom is -0.459 e. The van der Waals surface area contributed by atoms with Gasteiger partial charge in [-0.1, -0.05) is 35.1 Å². The molecule has 2 heterocycles. The zero-order chi connectivity index (χ0) is 18.1. The molecule has 0 fully saturated rings. The van der Waals surface area contributed by atoms with Gasteiger partial charge >= 0.3 is 5.97 Å². The predicted molar refractivity (Wildman–Crippen MR) is 98.7 cm³/mol. The number of aromatic nitrogens is 2. The van der Waals surface area contributed by atoms with E-state index in [1.807, 2.05) is 12.1 Å². The maximum absolute atomic E-state index is 12.4. The van der Waals surface area contributed by atoms with Crippen molar-refractivity contribution in [3.8, 4) is 0 Å². The van der Waals surface area contributed by atoms with Crippen molar-refractivity contribution in [2.24, 2.45) is 0 Å². The summed E-state index contributed by atoms with van der Waals surface area (Å²) in [5, 5.41) is 4.41.